The minimum absolute atomic E-state index is 0.0569. The van der Waals surface area contributed by atoms with Crippen LogP contribution in [0.2, 0.25) is 10.4 Å². The molecule has 1 aliphatic heterocycles. The Hall–Kier alpha value is -0.380. The maximum Gasteiger partial charge on any atom is 0.224 e. The second-order valence-corrected chi connectivity index (χ2v) is 4.13. The summed E-state index contributed by atoms with van der Waals surface area (Å²) in [4.78, 5) is 8.07. The zero-order chi connectivity index (χ0) is 10.3. The summed E-state index contributed by atoms with van der Waals surface area (Å²) < 4.78 is 5.63. The van der Waals surface area contributed by atoms with Crippen LogP contribution in [0, 0.1) is 0 Å². The smallest absolute Gasteiger partial charge is 0.224 e. The van der Waals surface area contributed by atoms with E-state index in [-0.39, 0.29) is 17.5 Å². The van der Waals surface area contributed by atoms with Crippen LogP contribution in [0.1, 0.15) is 31.2 Å². The standard InChI is InChI=1S/C9H10Cl2N2O/c1-4-3-6-7(5(2)14-4)8(10)13-9(11)12-6/h4-5H,3H2,1-2H3. The Labute approximate surface area is 92.4 Å². The van der Waals surface area contributed by atoms with Crippen molar-refractivity contribution in [3.05, 3.63) is 21.7 Å². The Kier molecular flexibility index (Phi) is 2.64. The second-order valence-electron chi connectivity index (χ2n) is 3.44. The highest BCUT2D eigenvalue weighted by atomic mass is 35.5. The largest absolute Gasteiger partial charge is 0.370 e. The van der Waals surface area contributed by atoms with Gasteiger partial charge in [0, 0.05) is 12.0 Å². The summed E-state index contributed by atoms with van der Waals surface area (Å²) in [5, 5.41) is 0.606. The number of rotatable bonds is 0. The fourth-order valence-corrected chi connectivity index (χ4v) is 2.32. The Morgan fingerprint density at radius 1 is 1.29 bits per heavy atom. The van der Waals surface area contributed by atoms with E-state index in [1.807, 2.05) is 13.8 Å². The molecule has 2 atom stereocenters. The summed E-state index contributed by atoms with van der Waals surface area (Å²) in [7, 11) is 0. The van der Waals surface area contributed by atoms with Gasteiger partial charge in [-0.3, -0.25) is 0 Å². The molecule has 0 aliphatic carbocycles. The molecule has 2 rings (SSSR count). The molecule has 0 fully saturated rings. The molecule has 0 bridgehead atoms. The van der Waals surface area contributed by atoms with Gasteiger partial charge in [0.15, 0.2) is 0 Å². The minimum Gasteiger partial charge on any atom is -0.370 e. The van der Waals surface area contributed by atoms with E-state index < -0.39 is 0 Å². The first-order valence-electron chi connectivity index (χ1n) is 4.45. The Balaban J connectivity index is 2.53. The fraction of sp³-hybridized carbons (Fsp3) is 0.556. The lowest BCUT2D eigenvalue weighted by Gasteiger charge is -2.27. The molecule has 3 nitrogen and oxygen atoms in total. The lowest BCUT2D eigenvalue weighted by atomic mass is 10.0. The lowest BCUT2D eigenvalue weighted by molar-refractivity contribution is -0.00614. The average molecular weight is 233 g/mol. The predicted octanol–water partition coefficient (Wildman–Crippen LogP) is 2.81. The van der Waals surface area contributed by atoms with Crippen LogP contribution in [-0.4, -0.2) is 16.1 Å². The topological polar surface area (TPSA) is 35.0 Å². The Bertz CT molecular complexity index is 370. The zero-order valence-corrected chi connectivity index (χ0v) is 9.43. The molecule has 76 valence electrons. The van der Waals surface area contributed by atoms with Crippen LogP contribution in [0.15, 0.2) is 0 Å². The van der Waals surface area contributed by atoms with Gasteiger partial charge in [-0.05, 0) is 25.4 Å². The summed E-state index contributed by atoms with van der Waals surface area (Å²) in [6, 6.07) is 0. The zero-order valence-electron chi connectivity index (χ0n) is 7.92. The first kappa shape index (κ1) is 10.1. The SMILES string of the molecule is CC1Cc2nc(Cl)nc(Cl)c2C(C)O1. The molecule has 0 aromatic carbocycles. The normalized spacial score (nSPS) is 26.0. The van der Waals surface area contributed by atoms with Crippen LogP contribution in [-0.2, 0) is 11.2 Å². The van der Waals surface area contributed by atoms with Gasteiger partial charge < -0.3 is 4.74 Å². The molecular weight excluding hydrogens is 223 g/mol. The van der Waals surface area contributed by atoms with Crippen molar-refractivity contribution in [1.82, 2.24) is 9.97 Å². The molecule has 0 spiro atoms. The summed E-state index contributed by atoms with van der Waals surface area (Å²) in [5.41, 5.74) is 1.77. The van der Waals surface area contributed by atoms with Crippen LogP contribution in [0.25, 0.3) is 0 Å². The van der Waals surface area contributed by atoms with Crippen molar-refractivity contribution < 1.29 is 4.74 Å². The van der Waals surface area contributed by atoms with Crippen molar-refractivity contribution >= 4 is 23.2 Å². The van der Waals surface area contributed by atoms with Crippen molar-refractivity contribution in [3.8, 4) is 0 Å². The van der Waals surface area contributed by atoms with Gasteiger partial charge in [0.05, 0.1) is 17.9 Å². The molecule has 2 unspecified atom stereocenters. The fourth-order valence-electron chi connectivity index (χ4n) is 1.75. The van der Waals surface area contributed by atoms with Crippen LogP contribution in [0.5, 0.6) is 0 Å². The molecule has 2 heterocycles. The maximum absolute atomic E-state index is 5.97. The van der Waals surface area contributed by atoms with Crippen molar-refractivity contribution in [2.45, 2.75) is 32.5 Å². The van der Waals surface area contributed by atoms with Gasteiger partial charge in [0.25, 0.3) is 0 Å². The number of fused-ring (bicyclic) bond motifs is 1. The van der Waals surface area contributed by atoms with Crippen LogP contribution in [0.3, 0.4) is 0 Å². The van der Waals surface area contributed by atoms with Gasteiger partial charge in [-0.25, -0.2) is 9.97 Å². The summed E-state index contributed by atoms with van der Waals surface area (Å²) in [6.45, 7) is 3.95. The molecule has 1 aromatic heterocycles. The first-order valence-corrected chi connectivity index (χ1v) is 5.20. The molecule has 0 N–H and O–H groups in total. The number of nitrogens with zero attached hydrogens (tertiary/aromatic N) is 2. The lowest BCUT2D eigenvalue weighted by Crippen LogP contribution is -2.24. The molecular formula is C9H10Cl2N2O. The van der Waals surface area contributed by atoms with Crippen LogP contribution in [0.4, 0.5) is 0 Å². The third kappa shape index (κ3) is 1.72. The Morgan fingerprint density at radius 2 is 2.00 bits per heavy atom. The number of hydrogen-bond donors (Lipinski definition) is 0. The van der Waals surface area contributed by atoms with E-state index in [0.717, 1.165) is 17.7 Å². The highest BCUT2D eigenvalue weighted by Gasteiger charge is 2.26. The molecule has 5 heteroatoms. The minimum atomic E-state index is -0.0569. The highest BCUT2D eigenvalue weighted by molar-refractivity contribution is 6.32. The van der Waals surface area contributed by atoms with Crippen LogP contribution < -0.4 is 0 Å². The molecule has 0 saturated carbocycles. The molecule has 1 aliphatic rings. The van der Waals surface area contributed by atoms with Gasteiger partial charge in [-0.15, -0.1) is 0 Å². The quantitative estimate of drug-likeness (QED) is 0.510. The van der Waals surface area contributed by atoms with E-state index in [2.05, 4.69) is 9.97 Å². The summed E-state index contributed by atoms with van der Waals surface area (Å²) >= 11 is 11.7. The highest BCUT2D eigenvalue weighted by Crippen LogP contribution is 2.33. The van der Waals surface area contributed by atoms with Gasteiger partial charge in [-0.2, -0.15) is 0 Å². The van der Waals surface area contributed by atoms with E-state index in [0.29, 0.717) is 5.15 Å². The number of aromatic nitrogens is 2. The van der Waals surface area contributed by atoms with E-state index >= 15 is 0 Å². The summed E-state index contributed by atoms with van der Waals surface area (Å²) in [6.07, 6.45) is 0.833. The van der Waals surface area contributed by atoms with Gasteiger partial charge in [-0.1, -0.05) is 11.6 Å². The summed E-state index contributed by atoms with van der Waals surface area (Å²) in [5.74, 6) is 0. The molecule has 0 saturated heterocycles. The van der Waals surface area contributed by atoms with Gasteiger partial charge in [0.2, 0.25) is 5.28 Å². The molecule has 0 radical (unpaired) electrons. The van der Waals surface area contributed by atoms with Crippen molar-refractivity contribution in [1.29, 1.82) is 0 Å². The van der Waals surface area contributed by atoms with Crippen molar-refractivity contribution in [3.63, 3.8) is 0 Å². The van der Waals surface area contributed by atoms with E-state index in [9.17, 15) is 0 Å². The van der Waals surface area contributed by atoms with Crippen molar-refractivity contribution in [2.24, 2.45) is 0 Å². The third-order valence-corrected chi connectivity index (χ3v) is 2.73. The number of hydrogen-bond acceptors (Lipinski definition) is 3. The second kappa shape index (κ2) is 3.65. The third-order valence-electron chi connectivity index (χ3n) is 2.27. The van der Waals surface area contributed by atoms with Gasteiger partial charge in [0.1, 0.15) is 5.15 Å². The Morgan fingerprint density at radius 3 is 2.71 bits per heavy atom. The van der Waals surface area contributed by atoms with Gasteiger partial charge >= 0.3 is 0 Å². The van der Waals surface area contributed by atoms with Crippen molar-refractivity contribution in [2.75, 3.05) is 0 Å². The van der Waals surface area contributed by atoms with E-state index in [4.69, 9.17) is 27.9 Å². The predicted molar refractivity (Wildman–Crippen MR) is 54.7 cm³/mol. The molecule has 0 amide bonds. The van der Waals surface area contributed by atoms with E-state index in [1.54, 1.807) is 0 Å². The number of halogens is 2. The number of ether oxygens (including phenoxy) is 1. The average Bonchev–Trinajstić information content (AvgIpc) is 1.99. The monoisotopic (exact) mass is 232 g/mol. The molecule has 1 aromatic rings. The maximum atomic E-state index is 5.97. The van der Waals surface area contributed by atoms with E-state index in [1.165, 1.54) is 0 Å². The molecule has 14 heavy (non-hydrogen) atoms. The first-order chi connectivity index (χ1) is 6.58. The van der Waals surface area contributed by atoms with Crippen LogP contribution >= 0.6 is 23.2 Å².